The summed E-state index contributed by atoms with van der Waals surface area (Å²) in [6.45, 7) is 3.74. The Morgan fingerprint density at radius 3 is 2.64 bits per heavy atom. The second-order valence-electron chi connectivity index (χ2n) is 5.80. The SMILES string of the molecule is Cc1ccc2c(c1)nc(CCN)n2CCCc1ccccc1. The zero-order chi connectivity index (χ0) is 15.4. The van der Waals surface area contributed by atoms with Gasteiger partial charge in [0.05, 0.1) is 11.0 Å². The molecular formula is C19H23N3. The molecule has 0 atom stereocenters. The van der Waals surface area contributed by atoms with Crippen molar-refractivity contribution in [2.75, 3.05) is 6.54 Å². The Morgan fingerprint density at radius 1 is 1.05 bits per heavy atom. The van der Waals surface area contributed by atoms with Crippen LogP contribution in [0, 0.1) is 6.92 Å². The summed E-state index contributed by atoms with van der Waals surface area (Å²) < 4.78 is 2.34. The van der Waals surface area contributed by atoms with Crippen LogP contribution in [0.5, 0.6) is 0 Å². The van der Waals surface area contributed by atoms with Crippen molar-refractivity contribution in [3.63, 3.8) is 0 Å². The number of fused-ring (bicyclic) bond motifs is 1. The zero-order valence-electron chi connectivity index (χ0n) is 13.1. The predicted octanol–water partition coefficient (Wildman–Crippen LogP) is 3.48. The lowest BCUT2D eigenvalue weighted by molar-refractivity contribution is 0.624. The molecule has 0 amide bonds. The van der Waals surface area contributed by atoms with Crippen LogP contribution in [-0.4, -0.2) is 16.1 Å². The molecule has 1 heterocycles. The van der Waals surface area contributed by atoms with E-state index in [0.29, 0.717) is 6.54 Å². The number of hydrogen-bond donors (Lipinski definition) is 1. The first-order valence-electron chi connectivity index (χ1n) is 7.97. The van der Waals surface area contributed by atoms with E-state index in [1.807, 2.05) is 0 Å². The van der Waals surface area contributed by atoms with E-state index >= 15 is 0 Å². The van der Waals surface area contributed by atoms with Crippen molar-refractivity contribution in [1.82, 2.24) is 9.55 Å². The largest absolute Gasteiger partial charge is 0.330 e. The van der Waals surface area contributed by atoms with E-state index in [1.54, 1.807) is 0 Å². The van der Waals surface area contributed by atoms with Crippen LogP contribution in [0.15, 0.2) is 48.5 Å². The molecule has 3 heteroatoms. The van der Waals surface area contributed by atoms with E-state index < -0.39 is 0 Å². The van der Waals surface area contributed by atoms with Gasteiger partial charge in [-0.1, -0.05) is 36.4 Å². The van der Waals surface area contributed by atoms with Crippen molar-refractivity contribution in [2.45, 2.75) is 32.7 Å². The maximum atomic E-state index is 5.75. The van der Waals surface area contributed by atoms with E-state index in [1.165, 1.54) is 16.6 Å². The molecule has 22 heavy (non-hydrogen) atoms. The minimum atomic E-state index is 0.640. The molecule has 0 fully saturated rings. The Balaban J connectivity index is 1.80. The summed E-state index contributed by atoms with van der Waals surface area (Å²) >= 11 is 0. The minimum Gasteiger partial charge on any atom is -0.330 e. The normalized spacial score (nSPS) is 11.2. The van der Waals surface area contributed by atoms with Crippen molar-refractivity contribution in [2.24, 2.45) is 5.73 Å². The Morgan fingerprint density at radius 2 is 1.86 bits per heavy atom. The van der Waals surface area contributed by atoms with Gasteiger partial charge in [-0.15, -0.1) is 0 Å². The van der Waals surface area contributed by atoms with Gasteiger partial charge < -0.3 is 10.3 Å². The number of rotatable bonds is 6. The van der Waals surface area contributed by atoms with Crippen molar-refractivity contribution < 1.29 is 0 Å². The molecule has 0 saturated carbocycles. The van der Waals surface area contributed by atoms with Gasteiger partial charge in [0.2, 0.25) is 0 Å². The van der Waals surface area contributed by atoms with Crippen LogP contribution >= 0.6 is 0 Å². The van der Waals surface area contributed by atoms with Crippen LogP contribution in [0.1, 0.15) is 23.4 Å². The van der Waals surface area contributed by atoms with Crippen LogP contribution in [-0.2, 0) is 19.4 Å². The lowest BCUT2D eigenvalue weighted by Gasteiger charge is -2.09. The molecule has 0 bridgehead atoms. The molecule has 0 radical (unpaired) electrons. The van der Waals surface area contributed by atoms with Gasteiger partial charge in [-0.05, 0) is 49.6 Å². The smallest absolute Gasteiger partial charge is 0.111 e. The first kappa shape index (κ1) is 14.8. The van der Waals surface area contributed by atoms with Crippen molar-refractivity contribution in [3.05, 3.63) is 65.5 Å². The zero-order valence-corrected chi connectivity index (χ0v) is 13.1. The van der Waals surface area contributed by atoms with Gasteiger partial charge in [0, 0.05) is 13.0 Å². The van der Waals surface area contributed by atoms with E-state index in [0.717, 1.165) is 37.1 Å². The number of imidazole rings is 1. The maximum Gasteiger partial charge on any atom is 0.111 e. The molecule has 0 spiro atoms. The summed E-state index contributed by atoms with van der Waals surface area (Å²) in [5, 5.41) is 0. The third-order valence-electron chi connectivity index (χ3n) is 4.04. The molecule has 2 N–H and O–H groups in total. The average molecular weight is 293 g/mol. The standard InChI is InChI=1S/C19H23N3/c1-15-9-10-18-17(14-15)21-19(11-12-20)22(18)13-5-8-16-6-3-2-4-7-16/h2-4,6-7,9-10,14H,5,8,11-13,20H2,1H3. The number of hydrogen-bond acceptors (Lipinski definition) is 2. The Bertz CT molecular complexity index is 744. The van der Waals surface area contributed by atoms with Gasteiger partial charge in [-0.25, -0.2) is 4.98 Å². The monoisotopic (exact) mass is 293 g/mol. The van der Waals surface area contributed by atoms with Gasteiger partial charge in [0.15, 0.2) is 0 Å². The maximum absolute atomic E-state index is 5.75. The molecule has 114 valence electrons. The van der Waals surface area contributed by atoms with Crippen molar-refractivity contribution in [1.29, 1.82) is 0 Å². The molecule has 0 aliphatic carbocycles. The van der Waals surface area contributed by atoms with Crippen molar-refractivity contribution in [3.8, 4) is 0 Å². The molecule has 3 rings (SSSR count). The molecule has 0 aliphatic rings. The lowest BCUT2D eigenvalue weighted by Crippen LogP contribution is -2.10. The topological polar surface area (TPSA) is 43.8 Å². The van der Waals surface area contributed by atoms with Gasteiger partial charge in [0.1, 0.15) is 5.82 Å². The highest BCUT2D eigenvalue weighted by Crippen LogP contribution is 2.19. The summed E-state index contributed by atoms with van der Waals surface area (Å²) in [6, 6.07) is 17.1. The highest BCUT2D eigenvalue weighted by Gasteiger charge is 2.10. The third kappa shape index (κ3) is 3.20. The van der Waals surface area contributed by atoms with Crippen LogP contribution in [0.2, 0.25) is 0 Å². The molecule has 2 aromatic carbocycles. The van der Waals surface area contributed by atoms with E-state index in [4.69, 9.17) is 10.7 Å². The number of nitrogens with two attached hydrogens (primary N) is 1. The summed E-state index contributed by atoms with van der Waals surface area (Å²) in [5.41, 5.74) is 10.7. The van der Waals surface area contributed by atoms with Crippen LogP contribution in [0.25, 0.3) is 11.0 Å². The fourth-order valence-corrected chi connectivity index (χ4v) is 2.95. The summed E-state index contributed by atoms with van der Waals surface area (Å²) in [6.07, 6.45) is 3.04. The second-order valence-corrected chi connectivity index (χ2v) is 5.80. The highest BCUT2D eigenvalue weighted by molar-refractivity contribution is 5.76. The molecule has 0 aliphatic heterocycles. The molecule has 0 saturated heterocycles. The van der Waals surface area contributed by atoms with Crippen molar-refractivity contribution >= 4 is 11.0 Å². The lowest BCUT2D eigenvalue weighted by atomic mass is 10.1. The first-order valence-corrected chi connectivity index (χ1v) is 7.97. The molecule has 0 unspecified atom stereocenters. The molecular weight excluding hydrogens is 270 g/mol. The number of nitrogens with zero attached hydrogens (tertiary/aromatic N) is 2. The quantitative estimate of drug-likeness (QED) is 0.756. The van der Waals surface area contributed by atoms with Gasteiger partial charge in [0.25, 0.3) is 0 Å². The number of aromatic nitrogens is 2. The average Bonchev–Trinajstić information content (AvgIpc) is 2.85. The van der Waals surface area contributed by atoms with Crippen LogP contribution in [0.3, 0.4) is 0 Å². The molecule has 3 nitrogen and oxygen atoms in total. The van der Waals surface area contributed by atoms with E-state index in [2.05, 4.69) is 60.0 Å². The van der Waals surface area contributed by atoms with E-state index in [-0.39, 0.29) is 0 Å². The van der Waals surface area contributed by atoms with E-state index in [9.17, 15) is 0 Å². The van der Waals surface area contributed by atoms with Crippen LogP contribution in [0.4, 0.5) is 0 Å². The number of aryl methyl sites for hydroxylation is 3. The fraction of sp³-hybridized carbons (Fsp3) is 0.316. The van der Waals surface area contributed by atoms with Gasteiger partial charge >= 0.3 is 0 Å². The third-order valence-corrected chi connectivity index (χ3v) is 4.04. The Hall–Kier alpha value is -2.13. The number of benzene rings is 2. The molecule has 3 aromatic rings. The van der Waals surface area contributed by atoms with Gasteiger partial charge in [-0.3, -0.25) is 0 Å². The summed E-state index contributed by atoms with van der Waals surface area (Å²) in [7, 11) is 0. The van der Waals surface area contributed by atoms with Gasteiger partial charge in [-0.2, -0.15) is 0 Å². The highest BCUT2D eigenvalue weighted by atomic mass is 15.1. The van der Waals surface area contributed by atoms with Crippen LogP contribution < -0.4 is 5.73 Å². The fourth-order valence-electron chi connectivity index (χ4n) is 2.95. The Kier molecular flexibility index (Phi) is 4.54. The minimum absolute atomic E-state index is 0.640. The first-order chi connectivity index (χ1) is 10.8. The molecule has 1 aromatic heterocycles. The second kappa shape index (κ2) is 6.75. The summed E-state index contributed by atoms with van der Waals surface area (Å²) in [4.78, 5) is 4.77. The predicted molar refractivity (Wildman–Crippen MR) is 92.0 cm³/mol. The Labute approximate surface area is 131 Å². The summed E-state index contributed by atoms with van der Waals surface area (Å²) in [5.74, 6) is 1.11.